The van der Waals surface area contributed by atoms with Crippen LogP contribution in [0.15, 0.2) is 18.2 Å². The molecule has 2 aromatic rings. The monoisotopic (exact) mass is 315 g/mol. The van der Waals surface area contributed by atoms with Gasteiger partial charge in [-0.3, -0.25) is 0 Å². The SMILES string of the molecule is COC(COc1c(Cl)cc(Cl)c2ccc(C)nc12)OC. The van der Waals surface area contributed by atoms with Gasteiger partial charge in [0.1, 0.15) is 12.1 Å². The van der Waals surface area contributed by atoms with Gasteiger partial charge >= 0.3 is 0 Å². The standard InChI is InChI=1S/C14H15Cl2NO3/c1-8-4-5-9-10(15)6-11(16)14(13(9)17-8)20-7-12(18-2)19-3/h4-6,12H,7H2,1-3H3. The molecule has 0 N–H and O–H groups in total. The number of pyridine rings is 1. The zero-order valence-corrected chi connectivity index (χ0v) is 13.0. The lowest BCUT2D eigenvalue weighted by Crippen LogP contribution is -2.22. The number of hydrogen-bond acceptors (Lipinski definition) is 4. The van der Waals surface area contributed by atoms with Crippen molar-refractivity contribution in [2.24, 2.45) is 0 Å². The molecule has 0 aliphatic rings. The van der Waals surface area contributed by atoms with Crippen LogP contribution in [0.5, 0.6) is 5.75 Å². The normalized spacial score (nSPS) is 11.3. The molecule has 1 aromatic heterocycles. The van der Waals surface area contributed by atoms with E-state index in [1.54, 1.807) is 20.3 Å². The lowest BCUT2D eigenvalue weighted by atomic mass is 10.2. The number of nitrogens with zero attached hydrogens (tertiary/aromatic N) is 1. The van der Waals surface area contributed by atoms with E-state index in [9.17, 15) is 0 Å². The van der Waals surface area contributed by atoms with E-state index in [0.717, 1.165) is 11.1 Å². The molecule has 0 radical (unpaired) electrons. The smallest absolute Gasteiger partial charge is 0.191 e. The molecule has 0 unspecified atom stereocenters. The Hall–Kier alpha value is -1.07. The summed E-state index contributed by atoms with van der Waals surface area (Å²) in [5.74, 6) is 0.480. The van der Waals surface area contributed by atoms with Crippen LogP contribution in [0, 0.1) is 6.92 Å². The van der Waals surface area contributed by atoms with Gasteiger partial charge in [0.2, 0.25) is 0 Å². The summed E-state index contributed by atoms with van der Waals surface area (Å²) < 4.78 is 15.9. The fraction of sp³-hybridized carbons (Fsp3) is 0.357. The molecule has 1 aromatic carbocycles. The first-order valence-electron chi connectivity index (χ1n) is 6.00. The van der Waals surface area contributed by atoms with Crippen LogP contribution in [-0.4, -0.2) is 32.1 Å². The zero-order valence-electron chi connectivity index (χ0n) is 11.4. The molecule has 0 spiro atoms. The van der Waals surface area contributed by atoms with Crippen molar-refractivity contribution in [2.75, 3.05) is 20.8 Å². The highest BCUT2D eigenvalue weighted by Crippen LogP contribution is 2.37. The molecule has 0 fully saturated rings. The molecule has 0 bridgehead atoms. The molecule has 2 rings (SSSR count). The zero-order chi connectivity index (χ0) is 14.7. The maximum atomic E-state index is 6.20. The first-order valence-corrected chi connectivity index (χ1v) is 6.76. The average Bonchev–Trinajstić information content (AvgIpc) is 2.42. The van der Waals surface area contributed by atoms with Gasteiger partial charge in [-0.2, -0.15) is 0 Å². The minimum absolute atomic E-state index is 0.207. The minimum atomic E-state index is -0.471. The number of benzene rings is 1. The largest absolute Gasteiger partial charge is 0.484 e. The Bertz CT molecular complexity index is 615. The number of methoxy groups -OCH3 is 2. The third-order valence-corrected chi connectivity index (χ3v) is 3.46. The summed E-state index contributed by atoms with van der Waals surface area (Å²) in [5, 5.41) is 1.74. The molecule has 0 aliphatic heterocycles. The van der Waals surface area contributed by atoms with Gasteiger partial charge in [0, 0.05) is 25.3 Å². The lowest BCUT2D eigenvalue weighted by Gasteiger charge is -2.16. The highest BCUT2D eigenvalue weighted by Gasteiger charge is 2.15. The fourth-order valence-electron chi connectivity index (χ4n) is 1.81. The van der Waals surface area contributed by atoms with Crippen LogP contribution in [0.25, 0.3) is 10.9 Å². The molecule has 0 saturated carbocycles. The van der Waals surface area contributed by atoms with Gasteiger partial charge in [-0.05, 0) is 25.1 Å². The lowest BCUT2D eigenvalue weighted by molar-refractivity contribution is -0.121. The first-order chi connectivity index (χ1) is 9.56. The molecule has 4 nitrogen and oxygen atoms in total. The molecule has 1 heterocycles. The van der Waals surface area contributed by atoms with E-state index >= 15 is 0 Å². The van der Waals surface area contributed by atoms with E-state index < -0.39 is 6.29 Å². The predicted molar refractivity (Wildman–Crippen MR) is 79.8 cm³/mol. The summed E-state index contributed by atoms with van der Waals surface area (Å²) in [6, 6.07) is 5.43. The molecule has 108 valence electrons. The van der Waals surface area contributed by atoms with Crippen molar-refractivity contribution >= 4 is 34.1 Å². The van der Waals surface area contributed by atoms with Crippen molar-refractivity contribution in [1.29, 1.82) is 0 Å². The van der Waals surface area contributed by atoms with Crippen molar-refractivity contribution in [3.05, 3.63) is 33.9 Å². The van der Waals surface area contributed by atoms with Crippen LogP contribution in [0.1, 0.15) is 5.69 Å². The van der Waals surface area contributed by atoms with Crippen molar-refractivity contribution in [1.82, 2.24) is 4.98 Å². The summed E-state index contributed by atoms with van der Waals surface area (Å²) in [4.78, 5) is 4.45. The van der Waals surface area contributed by atoms with E-state index in [4.69, 9.17) is 37.4 Å². The number of hydrogen-bond donors (Lipinski definition) is 0. The average molecular weight is 316 g/mol. The Morgan fingerprint density at radius 1 is 1.15 bits per heavy atom. The fourth-order valence-corrected chi connectivity index (χ4v) is 2.38. The number of aryl methyl sites for hydroxylation is 1. The number of ether oxygens (including phenoxy) is 3. The van der Waals surface area contributed by atoms with Crippen LogP contribution in [0.4, 0.5) is 0 Å². The van der Waals surface area contributed by atoms with Gasteiger partial charge in [-0.15, -0.1) is 0 Å². The second kappa shape index (κ2) is 6.59. The van der Waals surface area contributed by atoms with Crippen molar-refractivity contribution < 1.29 is 14.2 Å². The Labute approximate surface area is 127 Å². The van der Waals surface area contributed by atoms with Gasteiger partial charge in [0.15, 0.2) is 12.0 Å². The van der Waals surface area contributed by atoms with Crippen molar-refractivity contribution in [3.63, 3.8) is 0 Å². The van der Waals surface area contributed by atoms with Crippen LogP contribution < -0.4 is 4.74 Å². The molecule has 6 heteroatoms. The van der Waals surface area contributed by atoms with Crippen LogP contribution in [0.3, 0.4) is 0 Å². The third kappa shape index (κ3) is 3.15. The van der Waals surface area contributed by atoms with Crippen LogP contribution in [0.2, 0.25) is 10.0 Å². The number of fused-ring (bicyclic) bond motifs is 1. The third-order valence-electron chi connectivity index (χ3n) is 2.87. The van der Waals surface area contributed by atoms with Crippen LogP contribution >= 0.6 is 23.2 Å². The summed E-state index contributed by atoms with van der Waals surface area (Å²) in [6.07, 6.45) is -0.471. The predicted octanol–water partition coefficient (Wildman–Crippen LogP) is 3.85. The molecule has 20 heavy (non-hydrogen) atoms. The summed E-state index contributed by atoms with van der Waals surface area (Å²) >= 11 is 12.4. The second-order valence-electron chi connectivity index (χ2n) is 4.23. The van der Waals surface area contributed by atoms with Gasteiger partial charge in [-0.1, -0.05) is 23.2 Å². The van der Waals surface area contributed by atoms with Crippen molar-refractivity contribution in [3.8, 4) is 5.75 Å². The molecule has 0 saturated heterocycles. The molecule has 0 amide bonds. The van der Waals surface area contributed by atoms with E-state index in [2.05, 4.69) is 4.98 Å². The van der Waals surface area contributed by atoms with E-state index in [-0.39, 0.29) is 6.61 Å². The molecular weight excluding hydrogens is 301 g/mol. The molecular formula is C14H15Cl2NO3. The topological polar surface area (TPSA) is 40.6 Å². The second-order valence-corrected chi connectivity index (χ2v) is 5.04. The molecule has 0 atom stereocenters. The summed E-state index contributed by atoms with van der Waals surface area (Å²) in [6.45, 7) is 2.10. The van der Waals surface area contributed by atoms with Gasteiger partial charge < -0.3 is 14.2 Å². The van der Waals surface area contributed by atoms with E-state index in [1.807, 2.05) is 19.1 Å². The highest BCUT2D eigenvalue weighted by molar-refractivity contribution is 6.39. The first kappa shape index (κ1) is 15.3. The Balaban J connectivity index is 2.43. The number of rotatable bonds is 5. The maximum absolute atomic E-state index is 6.20. The van der Waals surface area contributed by atoms with Crippen LogP contribution in [-0.2, 0) is 9.47 Å². The molecule has 0 aliphatic carbocycles. The summed E-state index contributed by atoms with van der Waals surface area (Å²) in [5.41, 5.74) is 1.49. The minimum Gasteiger partial charge on any atom is -0.484 e. The Morgan fingerprint density at radius 2 is 1.85 bits per heavy atom. The maximum Gasteiger partial charge on any atom is 0.191 e. The van der Waals surface area contributed by atoms with E-state index in [1.165, 1.54) is 0 Å². The summed E-state index contributed by atoms with van der Waals surface area (Å²) in [7, 11) is 3.09. The Morgan fingerprint density at radius 3 is 2.50 bits per heavy atom. The quantitative estimate of drug-likeness (QED) is 0.786. The van der Waals surface area contributed by atoms with Gasteiger partial charge in [0.05, 0.1) is 10.0 Å². The highest BCUT2D eigenvalue weighted by atomic mass is 35.5. The number of halogens is 2. The van der Waals surface area contributed by atoms with Gasteiger partial charge in [0.25, 0.3) is 0 Å². The Kier molecular flexibility index (Phi) is 5.05. The number of aromatic nitrogens is 1. The van der Waals surface area contributed by atoms with Crippen molar-refractivity contribution in [2.45, 2.75) is 13.2 Å². The van der Waals surface area contributed by atoms with E-state index in [0.29, 0.717) is 21.3 Å². The van der Waals surface area contributed by atoms with Gasteiger partial charge in [-0.25, -0.2) is 4.98 Å².